The summed E-state index contributed by atoms with van der Waals surface area (Å²) in [5.41, 5.74) is 0. The van der Waals surface area contributed by atoms with Crippen molar-refractivity contribution in [1.29, 1.82) is 0 Å². The van der Waals surface area contributed by atoms with Gasteiger partial charge in [0.2, 0.25) is 0 Å². The van der Waals surface area contributed by atoms with Crippen LogP contribution < -0.4 is 0 Å². The average Bonchev–Trinajstić information content (AvgIpc) is 2.61. The number of hydrogen-bond donors (Lipinski definition) is 1. The third-order valence-corrected chi connectivity index (χ3v) is 2.63. The molecule has 1 N–H and O–H groups in total. The second-order valence-corrected chi connectivity index (χ2v) is 3.87. The zero-order chi connectivity index (χ0) is 11.1. The fourth-order valence-corrected chi connectivity index (χ4v) is 1.89. The zero-order valence-electron chi connectivity index (χ0n) is 9.82. The lowest BCUT2D eigenvalue weighted by atomic mass is 10.3. The number of aliphatic hydroxyl groups is 1. The minimum atomic E-state index is -0.136. The van der Waals surface area contributed by atoms with Crippen molar-refractivity contribution in [3.05, 3.63) is 0 Å². The first kappa shape index (κ1) is 12.9. The predicted molar refractivity (Wildman–Crippen MR) is 58.7 cm³/mol. The van der Waals surface area contributed by atoms with Gasteiger partial charge in [-0.15, -0.1) is 0 Å². The molecular weight excluding hydrogens is 194 g/mol. The van der Waals surface area contributed by atoms with Gasteiger partial charge in [0.15, 0.2) is 6.29 Å². The molecule has 0 bridgehead atoms. The van der Waals surface area contributed by atoms with E-state index >= 15 is 0 Å². The molecule has 0 saturated carbocycles. The molecule has 1 fully saturated rings. The monoisotopic (exact) mass is 217 g/mol. The molecule has 1 heterocycles. The van der Waals surface area contributed by atoms with E-state index in [4.69, 9.17) is 9.47 Å². The second kappa shape index (κ2) is 7.17. The summed E-state index contributed by atoms with van der Waals surface area (Å²) in [6.07, 6.45) is 1.56. The lowest BCUT2D eigenvalue weighted by Gasteiger charge is -2.20. The van der Waals surface area contributed by atoms with E-state index in [0.717, 1.165) is 32.5 Å². The molecule has 1 atom stereocenters. The topological polar surface area (TPSA) is 41.9 Å². The summed E-state index contributed by atoms with van der Waals surface area (Å²) < 4.78 is 10.9. The number of likely N-dealkylation sites (tertiary alicyclic amines) is 1. The van der Waals surface area contributed by atoms with Crippen molar-refractivity contribution in [1.82, 2.24) is 4.90 Å². The van der Waals surface area contributed by atoms with Crippen molar-refractivity contribution in [3.8, 4) is 0 Å². The molecule has 0 aromatic heterocycles. The molecule has 1 saturated heterocycles. The molecular formula is C11H23NO3. The standard InChI is InChI=1S/C11H23NO3/c1-3-14-11(15-4-2)6-8-12-7-5-10(13)9-12/h10-11,13H,3-9H2,1-2H3. The molecule has 0 radical (unpaired) electrons. The number of nitrogens with zero attached hydrogens (tertiary/aromatic N) is 1. The van der Waals surface area contributed by atoms with Gasteiger partial charge < -0.3 is 19.5 Å². The summed E-state index contributed by atoms with van der Waals surface area (Å²) in [6.45, 7) is 8.07. The lowest BCUT2D eigenvalue weighted by Crippen LogP contribution is -2.28. The van der Waals surface area contributed by atoms with Crippen LogP contribution in [0.2, 0.25) is 0 Å². The van der Waals surface area contributed by atoms with Gasteiger partial charge in [0.05, 0.1) is 6.10 Å². The van der Waals surface area contributed by atoms with Gasteiger partial charge in [-0.25, -0.2) is 0 Å². The summed E-state index contributed by atoms with van der Waals surface area (Å²) in [7, 11) is 0. The smallest absolute Gasteiger partial charge is 0.158 e. The summed E-state index contributed by atoms with van der Waals surface area (Å²) >= 11 is 0. The van der Waals surface area contributed by atoms with Crippen LogP contribution in [0.25, 0.3) is 0 Å². The van der Waals surface area contributed by atoms with Crippen LogP contribution >= 0.6 is 0 Å². The van der Waals surface area contributed by atoms with Crippen LogP contribution in [0.1, 0.15) is 26.7 Å². The Labute approximate surface area is 92.2 Å². The van der Waals surface area contributed by atoms with Gasteiger partial charge in [0, 0.05) is 39.3 Å². The highest BCUT2D eigenvalue weighted by Gasteiger charge is 2.20. The van der Waals surface area contributed by atoms with Gasteiger partial charge in [-0.1, -0.05) is 0 Å². The normalized spacial score (nSPS) is 22.8. The number of rotatable bonds is 7. The molecule has 1 aliphatic heterocycles. The number of β-amino-alcohol motifs (C(OH)–C–C–N with tert-alkyl or cyclic N) is 1. The van der Waals surface area contributed by atoms with E-state index in [1.807, 2.05) is 13.8 Å². The van der Waals surface area contributed by atoms with Crippen LogP contribution in [0, 0.1) is 0 Å². The molecule has 90 valence electrons. The molecule has 15 heavy (non-hydrogen) atoms. The average molecular weight is 217 g/mol. The Morgan fingerprint density at radius 2 is 2.00 bits per heavy atom. The highest BCUT2D eigenvalue weighted by molar-refractivity contribution is 4.74. The van der Waals surface area contributed by atoms with Gasteiger partial charge in [0.1, 0.15) is 0 Å². The maximum atomic E-state index is 9.37. The SMILES string of the molecule is CCOC(CCN1CCC(O)C1)OCC. The van der Waals surface area contributed by atoms with Crippen LogP contribution in [-0.2, 0) is 9.47 Å². The molecule has 1 rings (SSSR count). The fourth-order valence-electron chi connectivity index (χ4n) is 1.89. The molecule has 1 aliphatic rings. The minimum Gasteiger partial charge on any atom is -0.392 e. The van der Waals surface area contributed by atoms with Crippen molar-refractivity contribution in [2.75, 3.05) is 32.8 Å². The Balaban J connectivity index is 2.15. The largest absolute Gasteiger partial charge is 0.392 e. The van der Waals surface area contributed by atoms with Gasteiger partial charge in [-0.2, -0.15) is 0 Å². The Hall–Kier alpha value is -0.160. The van der Waals surface area contributed by atoms with Crippen LogP contribution in [0.4, 0.5) is 0 Å². The van der Waals surface area contributed by atoms with Gasteiger partial charge in [-0.3, -0.25) is 0 Å². The van der Waals surface area contributed by atoms with E-state index in [0.29, 0.717) is 13.2 Å². The fraction of sp³-hybridized carbons (Fsp3) is 1.00. The highest BCUT2D eigenvalue weighted by Crippen LogP contribution is 2.11. The van der Waals surface area contributed by atoms with E-state index in [1.165, 1.54) is 0 Å². The molecule has 4 nitrogen and oxygen atoms in total. The van der Waals surface area contributed by atoms with Crippen molar-refractivity contribution in [2.24, 2.45) is 0 Å². The number of ether oxygens (including phenoxy) is 2. The van der Waals surface area contributed by atoms with Gasteiger partial charge in [-0.05, 0) is 20.3 Å². The maximum absolute atomic E-state index is 9.37. The molecule has 0 aliphatic carbocycles. The quantitative estimate of drug-likeness (QED) is 0.642. The molecule has 0 aromatic rings. The molecule has 1 unspecified atom stereocenters. The minimum absolute atomic E-state index is 0.0854. The molecule has 0 spiro atoms. The third-order valence-electron chi connectivity index (χ3n) is 2.63. The van der Waals surface area contributed by atoms with Gasteiger partial charge in [0.25, 0.3) is 0 Å². The predicted octanol–water partition coefficient (Wildman–Crippen LogP) is 0.842. The maximum Gasteiger partial charge on any atom is 0.158 e. The summed E-state index contributed by atoms with van der Waals surface area (Å²) in [5.74, 6) is 0. The van der Waals surface area contributed by atoms with Crippen LogP contribution in [0.5, 0.6) is 0 Å². The van der Waals surface area contributed by atoms with E-state index in [1.54, 1.807) is 0 Å². The number of aliphatic hydroxyl groups excluding tert-OH is 1. The summed E-state index contributed by atoms with van der Waals surface area (Å²) in [5, 5.41) is 9.37. The van der Waals surface area contributed by atoms with E-state index in [2.05, 4.69) is 4.90 Å². The Morgan fingerprint density at radius 1 is 1.33 bits per heavy atom. The highest BCUT2D eigenvalue weighted by atomic mass is 16.7. The van der Waals surface area contributed by atoms with E-state index in [-0.39, 0.29) is 12.4 Å². The van der Waals surface area contributed by atoms with Crippen molar-refractivity contribution in [3.63, 3.8) is 0 Å². The van der Waals surface area contributed by atoms with Crippen LogP contribution in [0.3, 0.4) is 0 Å². The van der Waals surface area contributed by atoms with Crippen molar-refractivity contribution < 1.29 is 14.6 Å². The first-order chi connectivity index (χ1) is 7.26. The van der Waals surface area contributed by atoms with Gasteiger partial charge >= 0.3 is 0 Å². The van der Waals surface area contributed by atoms with Crippen LogP contribution in [0.15, 0.2) is 0 Å². The Bertz CT molecular complexity index is 160. The third kappa shape index (κ3) is 4.93. The van der Waals surface area contributed by atoms with Crippen molar-refractivity contribution in [2.45, 2.75) is 39.1 Å². The van der Waals surface area contributed by atoms with E-state index < -0.39 is 0 Å². The summed E-state index contributed by atoms with van der Waals surface area (Å²) in [4.78, 5) is 2.26. The first-order valence-electron chi connectivity index (χ1n) is 5.89. The molecule has 0 aromatic carbocycles. The molecule has 4 heteroatoms. The lowest BCUT2D eigenvalue weighted by molar-refractivity contribution is -0.141. The van der Waals surface area contributed by atoms with E-state index in [9.17, 15) is 5.11 Å². The zero-order valence-corrected chi connectivity index (χ0v) is 9.82. The number of hydrogen-bond acceptors (Lipinski definition) is 4. The second-order valence-electron chi connectivity index (χ2n) is 3.87. The summed E-state index contributed by atoms with van der Waals surface area (Å²) in [6, 6.07) is 0. The first-order valence-corrected chi connectivity index (χ1v) is 5.89. The Morgan fingerprint density at radius 3 is 2.47 bits per heavy atom. The molecule has 0 amide bonds. The van der Waals surface area contributed by atoms with Crippen LogP contribution in [-0.4, -0.2) is 55.2 Å². The Kier molecular flexibility index (Phi) is 6.17. The van der Waals surface area contributed by atoms with Crippen molar-refractivity contribution >= 4 is 0 Å².